The van der Waals surface area contributed by atoms with Crippen LogP contribution in [0.5, 0.6) is 11.5 Å². The fraction of sp³-hybridized carbons (Fsp3) is 0.353. The Morgan fingerprint density at radius 1 is 1.19 bits per heavy atom. The molecular weight excluding hydrogens is 420 g/mol. The summed E-state index contributed by atoms with van der Waals surface area (Å²) in [5.41, 5.74) is -0.141. The summed E-state index contributed by atoms with van der Waals surface area (Å²) in [4.78, 5) is 37.2. The van der Waals surface area contributed by atoms with Gasteiger partial charge in [-0.2, -0.15) is 0 Å². The molecule has 0 radical (unpaired) electrons. The Morgan fingerprint density at radius 2 is 1.89 bits per heavy atom. The predicted octanol–water partition coefficient (Wildman–Crippen LogP) is 1.48. The molecule has 3 rings (SSSR count). The highest BCUT2D eigenvalue weighted by Gasteiger charge is 2.32. The van der Waals surface area contributed by atoms with Gasteiger partial charge in [0.1, 0.15) is 5.82 Å². The van der Waals surface area contributed by atoms with Crippen molar-refractivity contribution in [3.05, 3.63) is 48.6 Å². The maximum absolute atomic E-state index is 12.8. The summed E-state index contributed by atoms with van der Waals surface area (Å²) >= 11 is 3.44. The van der Waals surface area contributed by atoms with Crippen LogP contribution in [-0.2, 0) is 14.1 Å². The van der Waals surface area contributed by atoms with Crippen LogP contribution in [0, 0.1) is 0 Å². The van der Waals surface area contributed by atoms with Gasteiger partial charge in [0.2, 0.25) is 0 Å². The van der Waals surface area contributed by atoms with Gasteiger partial charge in [0.25, 0.3) is 5.56 Å². The number of amides is 2. The number of methoxy groups -OCH3 is 1. The normalized spacial score (nSPS) is 15.6. The fourth-order valence-electron chi connectivity index (χ4n) is 3.09. The molecule has 0 saturated heterocycles. The van der Waals surface area contributed by atoms with Crippen LogP contribution in [0.15, 0.2) is 26.2 Å². The maximum Gasteiger partial charge on any atom is 0.332 e. The highest BCUT2D eigenvalue weighted by molar-refractivity contribution is 9.10. The van der Waals surface area contributed by atoms with Gasteiger partial charge in [-0.15, -0.1) is 0 Å². The lowest BCUT2D eigenvalue weighted by Gasteiger charge is -2.29. The lowest BCUT2D eigenvalue weighted by molar-refractivity contribution is 0.248. The molecule has 0 aliphatic carbocycles. The maximum atomic E-state index is 12.8. The standard InChI is InChI=1S/C17H19BrN4O5/c1-5-27-10-7-8(6-9(18)13(10)26-4)12-11-14(20-16(24)19-12)21(2)17(25)22(3)15(11)23/h6-7,12H,5H2,1-4H3,(H2,19,20,24). The summed E-state index contributed by atoms with van der Waals surface area (Å²) in [6.45, 7) is 2.25. The van der Waals surface area contributed by atoms with Crippen molar-refractivity contribution in [2.45, 2.75) is 13.0 Å². The predicted molar refractivity (Wildman–Crippen MR) is 103 cm³/mol. The van der Waals surface area contributed by atoms with Crippen molar-refractivity contribution >= 4 is 27.8 Å². The minimum Gasteiger partial charge on any atom is -0.492 e. The molecule has 0 saturated carbocycles. The van der Waals surface area contributed by atoms with Gasteiger partial charge < -0.3 is 14.8 Å². The summed E-state index contributed by atoms with van der Waals surface area (Å²) in [5, 5.41) is 5.29. The smallest absolute Gasteiger partial charge is 0.332 e. The number of hydrogen-bond acceptors (Lipinski definition) is 5. The number of nitrogens with zero attached hydrogens (tertiary/aromatic N) is 2. The first kappa shape index (κ1) is 19.0. The molecule has 2 amide bonds. The Balaban J connectivity index is 2.28. The van der Waals surface area contributed by atoms with Crippen molar-refractivity contribution in [2.75, 3.05) is 19.0 Å². The molecule has 1 aromatic heterocycles. The van der Waals surface area contributed by atoms with Crippen molar-refractivity contribution in [1.82, 2.24) is 14.5 Å². The average molecular weight is 439 g/mol. The van der Waals surface area contributed by atoms with Crippen LogP contribution in [0.2, 0.25) is 0 Å². The summed E-state index contributed by atoms with van der Waals surface area (Å²) in [6, 6.07) is 2.17. The molecule has 1 unspecified atom stereocenters. The van der Waals surface area contributed by atoms with Crippen molar-refractivity contribution < 1.29 is 14.3 Å². The van der Waals surface area contributed by atoms with Crippen molar-refractivity contribution in [3.63, 3.8) is 0 Å². The molecule has 0 spiro atoms. The molecule has 1 atom stereocenters. The van der Waals surface area contributed by atoms with E-state index in [1.807, 2.05) is 6.92 Å². The highest BCUT2D eigenvalue weighted by atomic mass is 79.9. The Hall–Kier alpha value is -2.75. The highest BCUT2D eigenvalue weighted by Crippen LogP contribution is 2.40. The van der Waals surface area contributed by atoms with Crippen LogP contribution in [0.25, 0.3) is 0 Å². The molecule has 0 fully saturated rings. The lowest BCUT2D eigenvalue weighted by Crippen LogP contribution is -2.49. The molecule has 27 heavy (non-hydrogen) atoms. The summed E-state index contributed by atoms with van der Waals surface area (Å²) in [5.74, 6) is 1.15. The van der Waals surface area contributed by atoms with Crippen LogP contribution < -0.4 is 31.4 Å². The number of fused-ring (bicyclic) bond motifs is 1. The van der Waals surface area contributed by atoms with Gasteiger partial charge in [-0.25, -0.2) is 9.59 Å². The van der Waals surface area contributed by atoms with E-state index < -0.39 is 23.3 Å². The molecule has 2 heterocycles. The number of ether oxygens (including phenoxy) is 2. The molecule has 2 N–H and O–H groups in total. The molecule has 1 aliphatic heterocycles. The Morgan fingerprint density at radius 3 is 2.52 bits per heavy atom. The minimum atomic E-state index is -0.763. The third-order valence-electron chi connectivity index (χ3n) is 4.36. The number of carbonyl (C=O) groups is 1. The van der Waals surface area contributed by atoms with Crippen molar-refractivity contribution in [1.29, 1.82) is 0 Å². The van der Waals surface area contributed by atoms with Crippen LogP contribution >= 0.6 is 15.9 Å². The van der Waals surface area contributed by atoms with Crippen LogP contribution in [0.4, 0.5) is 10.6 Å². The largest absolute Gasteiger partial charge is 0.492 e. The van der Waals surface area contributed by atoms with E-state index in [9.17, 15) is 14.4 Å². The topological polar surface area (TPSA) is 104 Å². The zero-order chi connectivity index (χ0) is 19.9. The minimum absolute atomic E-state index is 0.168. The van der Waals surface area contributed by atoms with Gasteiger partial charge >= 0.3 is 11.7 Å². The zero-order valence-electron chi connectivity index (χ0n) is 15.3. The van der Waals surface area contributed by atoms with Crippen molar-refractivity contribution in [2.24, 2.45) is 14.1 Å². The first-order chi connectivity index (χ1) is 12.8. The number of halogens is 1. The van der Waals surface area contributed by atoms with E-state index in [4.69, 9.17) is 9.47 Å². The monoisotopic (exact) mass is 438 g/mol. The van der Waals surface area contributed by atoms with Crippen molar-refractivity contribution in [3.8, 4) is 11.5 Å². The van der Waals surface area contributed by atoms with Gasteiger partial charge in [-0.3, -0.25) is 19.2 Å². The number of anilines is 1. The Kier molecular flexibility index (Phi) is 5.01. The average Bonchev–Trinajstić information content (AvgIpc) is 2.64. The van der Waals surface area contributed by atoms with E-state index in [0.717, 1.165) is 4.57 Å². The summed E-state index contributed by atoms with van der Waals surface area (Å²) < 4.78 is 13.8. The molecule has 0 bridgehead atoms. The number of carbonyl (C=O) groups excluding carboxylic acids is 1. The summed E-state index contributed by atoms with van der Waals surface area (Å²) in [6.07, 6.45) is 0. The molecular formula is C17H19BrN4O5. The van der Waals surface area contributed by atoms with E-state index in [2.05, 4.69) is 26.6 Å². The van der Waals surface area contributed by atoms with E-state index in [0.29, 0.717) is 28.1 Å². The summed E-state index contributed by atoms with van der Waals surface area (Å²) in [7, 11) is 4.42. The molecule has 2 aromatic rings. The van der Waals surface area contributed by atoms with Crippen LogP contribution in [-0.4, -0.2) is 28.9 Å². The molecule has 10 heteroatoms. The van der Waals surface area contributed by atoms with Gasteiger partial charge in [0, 0.05) is 14.1 Å². The van der Waals surface area contributed by atoms with Gasteiger partial charge in [-0.1, -0.05) is 0 Å². The van der Waals surface area contributed by atoms with Gasteiger partial charge in [0.05, 0.1) is 29.8 Å². The number of rotatable bonds is 4. The second kappa shape index (κ2) is 7.10. The molecule has 1 aromatic carbocycles. The quantitative estimate of drug-likeness (QED) is 0.752. The first-order valence-corrected chi connectivity index (χ1v) is 8.97. The number of nitrogens with one attached hydrogen (secondary N) is 2. The SMILES string of the molecule is CCOc1cc(C2NC(=O)Nc3c2c(=O)n(C)c(=O)n3C)cc(Br)c1OC. The molecule has 144 valence electrons. The second-order valence-corrected chi connectivity index (χ2v) is 6.82. The Labute approximate surface area is 163 Å². The fourth-order valence-corrected chi connectivity index (χ4v) is 3.72. The van der Waals surface area contributed by atoms with Crippen LogP contribution in [0.1, 0.15) is 24.1 Å². The van der Waals surface area contributed by atoms with E-state index in [-0.39, 0.29) is 11.4 Å². The second-order valence-electron chi connectivity index (χ2n) is 5.97. The lowest BCUT2D eigenvalue weighted by atomic mass is 9.98. The number of urea groups is 1. The van der Waals surface area contributed by atoms with Gasteiger partial charge in [0.15, 0.2) is 11.5 Å². The number of aromatic nitrogens is 2. The third kappa shape index (κ3) is 3.09. The van der Waals surface area contributed by atoms with Crippen LogP contribution in [0.3, 0.4) is 0 Å². The van der Waals surface area contributed by atoms with Gasteiger partial charge in [-0.05, 0) is 40.5 Å². The van der Waals surface area contributed by atoms with E-state index >= 15 is 0 Å². The Bertz CT molecular complexity index is 1040. The van der Waals surface area contributed by atoms with E-state index in [1.54, 1.807) is 12.1 Å². The third-order valence-corrected chi connectivity index (χ3v) is 4.95. The molecule has 1 aliphatic rings. The zero-order valence-corrected chi connectivity index (χ0v) is 16.8. The van der Waals surface area contributed by atoms with E-state index in [1.165, 1.54) is 25.8 Å². The number of benzene rings is 1. The number of hydrogen-bond donors (Lipinski definition) is 2. The molecule has 9 nitrogen and oxygen atoms in total. The first-order valence-electron chi connectivity index (χ1n) is 8.17.